The van der Waals surface area contributed by atoms with Crippen LogP contribution in [0.3, 0.4) is 0 Å². The minimum Gasteiger partial charge on any atom is -0.330 e. The fourth-order valence-electron chi connectivity index (χ4n) is 0.457. The van der Waals surface area contributed by atoms with Crippen LogP contribution in [-0.2, 0) is 6.42 Å². The fraction of sp³-hybridized carbons (Fsp3) is 0.500. The van der Waals surface area contributed by atoms with Gasteiger partial charge in [-0.1, -0.05) is 0 Å². The van der Waals surface area contributed by atoms with E-state index in [2.05, 4.69) is 20.4 Å². The van der Waals surface area contributed by atoms with Gasteiger partial charge in [0.05, 0.1) is 0 Å². The molecule has 1 rings (SSSR count). The molecule has 0 aliphatic rings. The highest BCUT2D eigenvalue weighted by molar-refractivity contribution is 4.75. The highest BCUT2D eigenvalue weighted by atomic mass is 15.3. The predicted molar refractivity (Wildman–Crippen MR) is 30.4 cm³/mol. The van der Waals surface area contributed by atoms with Crippen molar-refractivity contribution in [3.05, 3.63) is 12.2 Å². The molecular formula is C4H7N5. The molecule has 9 heavy (non-hydrogen) atoms. The van der Waals surface area contributed by atoms with Crippen LogP contribution < -0.4 is 5.73 Å². The second-order valence-corrected chi connectivity index (χ2v) is 1.50. The molecule has 0 spiro atoms. The Hall–Kier alpha value is -1.10. The van der Waals surface area contributed by atoms with Crippen molar-refractivity contribution in [2.24, 2.45) is 5.73 Å². The van der Waals surface area contributed by atoms with E-state index < -0.39 is 0 Å². The van der Waals surface area contributed by atoms with Gasteiger partial charge in [-0.2, -0.15) is 0 Å². The smallest absolute Gasteiger partial charge is 0.174 e. The molecular weight excluding hydrogens is 118 g/mol. The summed E-state index contributed by atoms with van der Waals surface area (Å²) in [6, 6.07) is 0. The first-order valence-corrected chi connectivity index (χ1v) is 2.63. The lowest BCUT2D eigenvalue weighted by atomic mass is 10.4. The SMILES string of the molecule is NCCc1nncnn1. The van der Waals surface area contributed by atoms with Gasteiger partial charge in [-0.3, -0.25) is 0 Å². The second-order valence-electron chi connectivity index (χ2n) is 1.50. The molecule has 0 saturated carbocycles. The summed E-state index contributed by atoms with van der Waals surface area (Å²) in [6.07, 6.45) is 1.93. The molecule has 0 atom stereocenters. The Labute approximate surface area is 52.3 Å². The van der Waals surface area contributed by atoms with Crippen molar-refractivity contribution in [3.8, 4) is 0 Å². The molecule has 0 bridgehead atoms. The minimum atomic E-state index is 0.535. The lowest BCUT2D eigenvalue weighted by Gasteiger charge is -1.89. The first-order chi connectivity index (χ1) is 4.43. The lowest BCUT2D eigenvalue weighted by molar-refractivity contribution is 0.745. The summed E-state index contributed by atoms with van der Waals surface area (Å²) in [6.45, 7) is 0.535. The predicted octanol–water partition coefficient (Wildman–Crippen LogP) is -1.23. The molecule has 5 heteroatoms. The molecule has 1 aromatic heterocycles. The summed E-state index contributed by atoms with van der Waals surface area (Å²) in [7, 11) is 0. The normalized spacial score (nSPS) is 9.44. The van der Waals surface area contributed by atoms with Crippen molar-refractivity contribution in [2.45, 2.75) is 6.42 Å². The van der Waals surface area contributed by atoms with Crippen molar-refractivity contribution in [3.63, 3.8) is 0 Å². The monoisotopic (exact) mass is 125 g/mol. The molecule has 0 fully saturated rings. The lowest BCUT2D eigenvalue weighted by Crippen LogP contribution is -2.07. The van der Waals surface area contributed by atoms with Gasteiger partial charge < -0.3 is 5.73 Å². The Bertz CT molecular complexity index is 162. The van der Waals surface area contributed by atoms with Crippen molar-refractivity contribution < 1.29 is 0 Å². The van der Waals surface area contributed by atoms with Crippen LogP contribution in [0, 0.1) is 0 Å². The maximum atomic E-state index is 5.22. The van der Waals surface area contributed by atoms with Crippen LogP contribution in [0.2, 0.25) is 0 Å². The number of hydrogen-bond acceptors (Lipinski definition) is 5. The van der Waals surface area contributed by atoms with E-state index in [4.69, 9.17) is 5.73 Å². The molecule has 1 aromatic rings. The minimum absolute atomic E-state index is 0.535. The molecule has 2 N–H and O–H groups in total. The van der Waals surface area contributed by atoms with Gasteiger partial charge in [0.25, 0.3) is 0 Å². The maximum Gasteiger partial charge on any atom is 0.174 e. The molecule has 48 valence electrons. The molecule has 0 amide bonds. The van der Waals surface area contributed by atoms with Gasteiger partial charge in [-0.15, -0.1) is 20.4 Å². The van der Waals surface area contributed by atoms with E-state index in [0.29, 0.717) is 18.8 Å². The van der Waals surface area contributed by atoms with Gasteiger partial charge in [0, 0.05) is 6.42 Å². The maximum absolute atomic E-state index is 5.22. The van der Waals surface area contributed by atoms with Gasteiger partial charge in [-0.05, 0) is 6.54 Å². The largest absolute Gasteiger partial charge is 0.330 e. The fourth-order valence-corrected chi connectivity index (χ4v) is 0.457. The summed E-state index contributed by atoms with van der Waals surface area (Å²) in [5.41, 5.74) is 5.22. The van der Waals surface area contributed by atoms with E-state index in [1.807, 2.05) is 0 Å². The molecule has 0 unspecified atom stereocenters. The number of aromatic nitrogens is 4. The third-order valence-electron chi connectivity index (χ3n) is 0.818. The van der Waals surface area contributed by atoms with Crippen molar-refractivity contribution in [2.75, 3.05) is 6.54 Å². The molecule has 0 saturated heterocycles. The number of nitrogens with two attached hydrogens (primary N) is 1. The van der Waals surface area contributed by atoms with E-state index >= 15 is 0 Å². The zero-order valence-corrected chi connectivity index (χ0v) is 4.86. The van der Waals surface area contributed by atoms with E-state index in [1.165, 1.54) is 6.33 Å². The van der Waals surface area contributed by atoms with E-state index in [-0.39, 0.29) is 0 Å². The summed E-state index contributed by atoms with van der Waals surface area (Å²) in [5.74, 6) is 0.597. The summed E-state index contributed by atoms with van der Waals surface area (Å²) >= 11 is 0. The van der Waals surface area contributed by atoms with Crippen LogP contribution >= 0.6 is 0 Å². The number of hydrogen-bond donors (Lipinski definition) is 1. The first kappa shape index (κ1) is 6.03. The molecule has 0 aromatic carbocycles. The van der Waals surface area contributed by atoms with Crippen LogP contribution in [0.1, 0.15) is 5.82 Å². The first-order valence-electron chi connectivity index (χ1n) is 2.63. The Morgan fingerprint density at radius 2 is 2.00 bits per heavy atom. The summed E-state index contributed by atoms with van der Waals surface area (Å²) < 4.78 is 0. The van der Waals surface area contributed by atoms with E-state index in [1.54, 1.807) is 0 Å². The molecule has 1 heterocycles. The van der Waals surface area contributed by atoms with Gasteiger partial charge in [0.1, 0.15) is 0 Å². The number of nitrogens with zero attached hydrogens (tertiary/aromatic N) is 4. The van der Waals surface area contributed by atoms with Gasteiger partial charge >= 0.3 is 0 Å². The van der Waals surface area contributed by atoms with Crippen LogP contribution in [0.15, 0.2) is 6.33 Å². The van der Waals surface area contributed by atoms with Crippen LogP contribution in [0.25, 0.3) is 0 Å². The Kier molecular flexibility index (Phi) is 2.03. The number of rotatable bonds is 2. The van der Waals surface area contributed by atoms with Crippen LogP contribution in [-0.4, -0.2) is 26.9 Å². The quantitative estimate of drug-likeness (QED) is 0.535. The third-order valence-corrected chi connectivity index (χ3v) is 0.818. The van der Waals surface area contributed by atoms with Gasteiger partial charge in [0.2, 0.25) is 0 Å². The van der Waals surface area contributed by atoms with Crippen molar-refractivity contribution >= 4 is 0 Å². The molecule has 0 aliphatic carbocycles. The molecule has 0 aliphatic heterocycles. The standard InChI is InChI=1S/C4H7N5/c5-2-1-4-8-6-3-7-9-4/h3H,1-2,5H2. The Balaban J connectivity index is 2.61. The van der Waals surface area contributed by atoms with Crippen molar-refractivity contribution in [1.29, 1.82) is 0 Å². The zero-order valence-electron chi connectivity index (χ0n) is 4.86. The Morgan fingerprint density at radius 3 is 2.56 bits per heavy atom. The third kappa shape index (κ3) is 1.69. The molecule has 5 nitrogen and oxygen atoms in total. The van der Waals surface area contributed by atoms with Crippen molar-refractivity contribution in [1.82, 2.24) is 20.4 Å². The highest BCUT2D eigenvalue weighted by Crippen LogP contribution is 1.79. The van der Waals surface area contributed by atoms with Gasteiger partial charge in [0.15, 0.2) is 12.2 Å². The highest BCUT2D eigenvalue weighted by Gasteiger charge is 1.90. The average Bonchev–Trinajstić information content (AvgIpc) is 1.91. The summed E-state index contributed by atoms with van der Waals surface area (Å²) in [5, 5.41) is 14.4. The van der Waals surface area contributed by atoms with Crippen LogP contribution in [0.4, 0.5) is 0 Å². The second kappa shape index (κ2) is 3.03. The summed E-state index contributed by atoms with van der Waals surface area (Å²) in [4.78, 5) is 0. The molecule has 0 radical (unpaired) electrons. The van der Waals surface area contributed by atoms with Crippen LogP contribution in [0.5, 0.6) is 0 Å². The zero-order chi connectivity index (χ0) is 6.53. The Morgan fingerprint density at radius 1 is 1.33 bits per heavy atom. The van der Waals surface area contributed by atoms with Gasteiger partial charge in [-0.25, -0.2) is 0 Å². The topological polar surface area (TPSA) is 77.6 Å². The van der Waals surface area contributed by atoms with E-state index in [9.17, 15) is 0 Å². The van der Waals surface area contributed by atoms with E-state index in [0.717, 1.165) is 0 Å². The average molecular weight is 125 g/mol.